The van der Waals surface area contributed by atoms with Crippen molar-refractivity contribution in [3.8, 4) is 0 Å². The highest BCUT2D eigenvalue weighted by Crippen LogP contribution is 2.28. The summed E-state index contributed by atoms with van der Waals surface area (Å²) in [6.45, 7) is 8.06. The summed E-state index contributed by atoms with van der Waals surface area (Å²) >= 11 is 3.63. The van der Waals surface area contributed by atoms with Crippen molar-refractivity contribution >= 4 is 33.5 Å². The van der Waals surface area contributed by atoms with Crippen molar-refractivity contribution in [2.75, 3.05) is 37.6 Å². The predicted octanol–water partition coefficient (Wildman–Crippen LogP) is 2.50. The van der Waals surface area contributed by atoms with Gasteiger partial charge in [0.15, 0.2) is 5.96 Å². The van der Waals surface area contributed by atoms with Gasteiger partial charge in [-0.15, -0.1) is 0 Å². The van der Waals surface area contributed by atoms with Crippen molar-refractivity contribution in [3.05, 3.63) is 28.7 Å². The molecule has 1 fully saturated rings. The topological polar surface area (TPSA) is 68.8 Å². The smallest absolute Gasteiger partial charge is 0.221 e. The van der Waals surface area contributed by atoms with Gasteiger partial charge in [0.1, 0.15) is 0 Å². The number of halogens is 1. The Kier molecular flexibility index (Phi) is 8.74. The summed E-state index contributed by atoms with van der Waals surface area (Å²) in [4.78, 5) is 18.6. The lowest BCUT2D eigenvalue weighted by Gasteiger charge is -2.21. The summed E-state index contributed by atoms with van der Waals surface area (Å²) in [5.41, 5.74) is 1.23. The third kappa shape index (κ3) is 6.52. The molecule has 0 bridgehead atoms. The lowest BCUT2D eigenvalue weighted by molar-refractivity contribution is -0.120. The van der Waals surface area contributed by atoms with Crippen LogP contribution in [0, 0.1) is 0 Å². The highest BCUT2D eigenvalue weighted by atomic mass is 79.9. The molecule has 0 radical (unpaired) electrons. The van der Waals surface area contributed by atoms with Gasteiger partial charge in [0.05, 0.1) is 12.2 Å². The molecule has 26 heavy (non-hydrogen) atoms. The molecule has 0 spiro atoms. The molecule has 1 heterocycles. The molecule has 1 aliphatic heterocycles. The van der Waals surface area contributed by atoms with Crippen LogP contribution in [0.25, 0.3) is 0 Å². The third-order valence-corrected chi connectivity index (χ3v) is 4.92. The van der Waals surface area contributed by atoms with E-state index >= 15 is 0 Å². The van der Waals surface area contributed by atoms with Gasteiger partial charge >= 0.3 is 0 Å². The lowest BCUT2D eigenvalue weighted by atomic mass is 10.2. The monoisotopic (exact) mass is 423 g/mol. The molecule has 0 aromatic heterocycles. The van der Waals surface area contributed by atoms with E-state index in [9.17, 15) is 4.79 Å². The highest BCUT2D eigenvalue weighted by molar-refractivity contribution is 9.10. The zero-order chi connectivity index (χ0) is 18.8. The second-order valence-electron chi connectivity index (χ2n) is 6.39. The van der Waals surface area contributed by atoms with Crippen LogP contribution >= 0.6 is 15.9 Å². The summed E-state index contributed by atoms with van der Waals surface area (Å²) in [7, 11) is 0. The van der Waals surface area contributed by atoms with Gasteiger partial charge in [-0.2, -0.15) is 0 Å². The molecule has 144 valence electrons. The number of nitrogens with one attached hydrogen (secondary N) is 3. The summed E-state index contributed by atoms with van der Waals surface area (Å²) in [6.07, 6.45) is 2.43. The minimum Gasteiger partial charge on any atom is -0.368 e. The predicted molar refractivity (Wildman–Crippen MR) is 112 cm³/mol. The van der Waals surface area contributed by atoms with Crippen LogP contribution in [0.1, 0.15) is 33.1 Å². The third-order valence-electron chi connectivity index (χ3n) is 4.25. The molecule has 1 aliphatic rings. The molecule has 0 saturated carbocycles. The number of hydrogen-bond donors (Lipinski definition) is 3. The van der Waals surface area contributed by atoms with E-state index in [-0.39, 0.29) is 5.91 Å². The van der Waals surface area contributed by atoms with Gasteiger partial charge in [-0.25, -0.2) is 0 Å². The maximum absolute atomic E-state index is 11.7. The maximum atomic E-state index is 11.7. The van der Waals surface area contributed by atoms with Gasteiger partial charge in [-0.1, -0.05) is 19.1 Å². The number of amides is 1. The Balaban J connectivity index is 1.85. The SMILES string of the molecule is CCCNC(=O)CCN=C(NCC)NC1CCN(c2ccccc2Br)C1. The summed E-state index contributed by atoms with van der Waals surface area (Å²) in [6, 6.07) is 8.65. The quantitative estimate of drug-likeness (QED) is 0.443. The van der Waals surface area contributed by atoms with Crippen molar-refractivity contribution < 1.29 is 4.79 Å². The first kappa shape index (κ1) is 20.6. The van der Waals surface area contributed by atoms with E-state index < -0.39 is 0 Å². The Morgan fingerprint density at radius 2 is 2.12 bits per heavy atom. The molecule has 1 aromatic rings. The van der Waals surface area contributed by atoms with Crippen LogP contribution in [0.5, 0.6) is 0 Å². The largest absolute Gasteiger partial charge is 0.368 e. The van der Waals surface area contributed by atoms with Crippen LogP contribution in [0.3, 0.4) is 0 Å². The van der Waals surface area contributed by atoms with Crippen molar-refractivity contribution in [2.45, 2.75) is 39.2 Å². The molecule has 0 aliphatic carbocycles. The van der Waals surface area contributed by atoms with Crippen molar-refractivity contribution in [1.29, 1.82) is 0 Å². The first-order chi connectivity index (χ1) is 12.6. The van der Waals surface area contributed by atoms with Gasteiger partial charge in [-0.05, 0) is 47.8 Å². The Labute approximate surface area is 165 Å². The summed E-state index contributed by atoms with van der Waals surface area (Å²) < 4.78 is 1.12. The highest BCUT2D eigenvalue weighted by Gasteiger charge is 2.24. The average Bonchev–Trinajstić information content (AvgIpc) is 3.08. The first-order valence-electron chi connectivity index (χ1n) is 9.45. The van der Waals surface area contributed by atoms with Crippen LogP contribution in [0.2, 0.25) is 0 Å². The van der Waals surface area contributed by atoms with E-state index in [2.05, 4.69) is 60.0 Å². The fourth-order valence-corrected chi connectivity index (χ4v) is 3.48. The van der Waals surface area contributed by atoms with Crippen LogP contribution in [0.15, 0.2) is 33.7 Å². The van der Waals surface area contributed by atoms with Crippen LogP contribution < -0.4 is 20.9 Å². The van der Waals surface area contributed by atoms with E-state index in [0.29, 0.717) is 19.0 Å². The molecule has 7 heteroatoms. The van der Waals surface area contributed by atoms with E-state index in [1.807, 2.05) is 19.9 Å². The number of nitrogens with zero attached hydrogens (tertiary/aromatic N) is 2. The number of benzene rings is 1. The maximum Gasteiger partial charge on any atom is 0.221 e. The van der Waals surface area contributed by atoms with E-state index in [1.54, 1.807) is 0 Å². The number of carbonyl (C=O) groups is 1. The normalized spacial score (nSPS) is 17.3. The van der Waals surface area contributed by atoms with Crippen LogP contribution in [-0.4, -0.2) is 50.6 Å². The first-order valence-corrected chi connectivity index (χ1v) is 10.2. The fraction of sp³-hybridized carbons (Fsp3) is 0.579. The molecule has 6 nitrogen and oxygen atoms in total. The minimum atomic E-state index is 0.0624. The number of anilines is 1. The Morgan fingerprint density at radius 1 is 1.31 bits per heavy atom. The standard InChI is InChI=1S/C19H30BrN5O/c1-3-11-22-18(26)9-12-23-19(21-4-2)24-15-10-13-25(14-15)17-8-6-5-7-16(17)20/h5-8,15H,3-4,9-14H2,1-2H3,(H,22,26)(H2,21,23,24). The van der Waals surface area contributed by atoms with Crippen molar-refractivity contribution in [3.63, 3.8) is 0 Å². The van der Waals surface area contributed by atoms with Gasteiger partial charge in [-0.3, -0.25) is 9.79 Å². The molecular formula is C19H30BrN5O. The zero-order valence-corrected chi connectivity index (χ0v) is 17.3. The molecule has 1 amide bonds. The van der Waals surface area contributed by atoms with Crippen molar-refractivity contribution in [1.82, 2.24) is 16.0 Å². The number of aliphatic imine (C=N–C) groups is 1. The number of carbonyl (C=O) groups excluding carboxylic acids is 1. The van der Waals surface area contributed by atoms with Gasteiger partial charge in [0.25, 0.3) is 0 Å². The average molecular weight is 424 g/mol. The minimum absolute atomic E-state index is 0.0624. The van der Waals surface area contributed by atoms with Crippen LogP contribution in [-0.2, 0) is 4.79 Å². The molecule has 2 rings (SSSR count). The van der Waals surface area contributed by atoms with E-state index in [1.165, 1.54) is 5.69 Å². The number of guanidine groups is 1. The molecule has 1 unspecified atom stereocenters. The van der Waals surface area contributed by atoms with Crippen LogP contribution in [0.4, 0.5) is 5.69 Å². The van der Waals surface area contributed by atoms with Gasteiger partial charge in [0.2, 0.25) is 5.91 Å². The summed E-state index contributed by atoms with van der Waals surface area (Å²) in [5.74, 6) is 0.849. The Hall–Kier alpha value is -1.76. The van der Waals surface area contributed by atoms with E-state index in [4.69, 9.17) is 0 Å². The fourth-order valence-electron chi connectivity index (χ4n) is 2.94. The number of hydrogen-bond acceptors (Lipinski definition) is 3. The van der Waals surface area contributed by atoms with Gasteiger partial charge in [0, 0.05) is 43.1 Å². The van der Waals surface area contributed by atoms with Gasteiger partial charge < -0.3 is 20.9 Å². The second-order valence-corrected chi connectivity index (χ2v) is 7.24. The number of para-hydroxylation sites is 1. The Bertz CT molecular complexity index is 607. The Morgan fingerprint density at radius 3 is 2.85 bits per heavy atom. The summed E-state index contributed by atoms with van der Waals surface area (Å²) in [5, 5.41) is 9.66. The molecular weight excluding hydrogens is 394 g/mol. The second kappa shape index (κ2) is 11.1. The lowest BCUT2D eigenvalue weighted by Crippen LogP contribution is -2.44. The van der Waals surface area contributed by atoms with Crippen molar-refractivity contribution in [2.24, 2.45) is 4.99 Å². The molecule has 1 atom stereocenters. The number of rotatable bonds is 8. The zero-order valence-electron chi connectivity index (χ0n) is 15.7. The molecule has 1 aromatic carbocycles. The molecule has 1 saturated heterocycles. The van der Waals surface area contributed by atoms with E-state index in [0.717, 1.165) is 49.5 Å². The molecule has 3 N–H and O–H groups in total.